The van der Waals surface area contributed by atoms with Gasteiger partial charge in [0.05, 0.1) is 23.4 Å². The molecular weight excluding hydrogens is 248 g/mol. The van der Waals surface area contributed by atoms with Crippen molar-refractivity contribution in [3.63, 3.8) is 0 Å². The molecule has 0 saturated heterocycles. The second-order valence-electron chi connectivity index (χ2n) is 4.76. The summed E-state index contributed by atoms with van der Waals surface area (Å²) in [7, 11) is 1.93. The Kier molecular flexibility index (Phi) is 3.39. The van der Waals surface area contributed by atoms with Gasteiger partial charge in [0, 0.05) is 23.5 Å². The van der Waals surface area contributed by atoms with Crippen LogP contribution < -0.4 is 5.32 Å². The topological polar surface area (TPSA) is 50.7 Å². The van der Waals surface area contributed by atoms with E-state index in [-0.39, 0.29) is 6.04 Å². The number of aryl methyl sites for hydroxylation is 1. The molecular formula is C16H16N4. The van der Waals surface area contributed by atoms with E-state index in [9.17, 15) is 0 Å². The summed E-state index contributed by atoms with van der Waals surface area (Å²) in [5.74, 6) is 0. The molecule has 0 radical (unpaired) electrons. The Hall–Kier alpha value is -2.33. The van der Waals surface area contributed by atoms with Crippen LogP contribution in [0.2, 0.25) is 0 Å². The molecule has 1 N–H and O–H groups in total. The van der Waals surface area contributed by atoms with Crippen molar-refractivity contribution in [1.29, 1.82) is 0 Å². The van der Waals surface area contributed by atoms with Crippen molar-refractivity contribution in [2.24, 2.45) is 0 Å². The van der Waals surface area contributed by atoms with Crippen molar-refractivity contribution in [3.8, 4) is 0 Å². The van der Waals surface area contributed by atoms with Gasteiger partial charge < -0.3 is 5.32 Å². The van der Waals surface area contributed by atoms with Crippen molar-refractivity contribution in [3.05, 3.63) is 65.9 Å². The first-order valence-electron chi connectivity index (χ1n) is 6.58. The fourth-order valence-electron chi connectivity index (χ4n) is 2.37. The third-order valence-electron chi connectivity index (χ3n) is 3.35. The minimum Gasteiger partial charge on any atom is -0.308 e. The number of nitrogens with zero attached hydrogens (tertiary/aromatic N) is 3. The summed E-state index contributed by atoms with van der Waals surface area (Å²) in [4.78, 5) is 13.0. The van der Waals surface area contributed by atoms with Gasteiger partial charge in [0.15, 0.2) is 0 Å². The van der Waals surface area contributed by atoms with E-state index in [1.807, 2.05) is 20.0 Å². The third kappa shape index (κ3) is 2.38. The highest BCUT2D eigenvalue weighted by Gasteiger charge is 2.13. The molecule has 0 aliphatic rings. The fourth-order valence-corrected chi connectivity index (χ4v) is 2.37. The Morgan fingerprint density at radius 2 is 2.00 bits per heavy atom. The summed E-state index contributed by atoms with van der Waals surface area (Å²) in [6.45, 7) is 2.00. The normalized spacial score (nSPS) is 12.5. The maximum absolute atomic E-state index is 4.53. The van der Waals surface area contributed by atoms with Gasteiger partial charge in [-0.05, 0) is 37.7 Å². The molecule has 0 saturated carbocycles. The second-order valence-corrected chi connectivity index (χ2v) is 4.76. The van der Waals surface area contributed by atoms with Crippen LogP contribution in [-0.4, -0.2) is 22.0 Å². The summed E-state index contributed by atoms with van der Waals surface area (Å²) in [5.41, 5.74) is 4.12. The van der Waals surface area contributed by atoms with Crippen LogP contribution in [0.25, 0.3) is 10.9 Å². The van der Waals surface area contributed by atoms with Crippen molar-refractivity contribution in [2.45, 2.75) is 13.0 Å². The van der Waals surface area contributed by atoms with E-state index in [4.69, 9.17) is 0 Å². The highest BCUT2D eigenvalue weighted by molar-refractivity contribution is 5.79. The second kappa shape index (κ2) is 5.35. The molecule has 0 spiro atoms. The SMILES string of the molecule is CNC(c1ccc2nc(C)ccc2c1)c1cnccn1. The van der Waals surface area contributed by atoms with Crippen molar-refractivity contribution in [2.75, 3.05) is 7.05 Å². The van der Waals surface area contributed by atoms with Crippen LogP contribution in [0.1, 0.15) is 23.0 Å². The van der Waals surface area contributed by atoms with Gasteiger partial charge in [-0.1, -0.05) is 12.1 Å². The Balaban J connectivity index is 2.06. The number of nitrogens with one attached hydrogen (secondary N) is 1. The van der Waals surface area contributed by atoms with E-state index >= 15 is 0 Å². The molecule has 0 aliphatic carbocycles. The maximum atomic E-state index is 4.53. The van der Waals surface area contributed by atoms with Crippen molar-refractivity contribution >= 4 is 10.9 Å². The largest absolute Gasteiger partial charge is 0.308 e. The number of rotatable bonds is 3. The minimum absolute atomic E-state index is 0.0365. The minimum atomic E-state index is 0.0365. The average Bonchev–Trinajstić information content (AvgIpc) is 2.49. The number of pyridine rings is 1. The van der Waals surface area contributed by atoms with Gasteiger partial charge in [-0.25, -0.2) is 0 Å². The molecule has 2 heterocycles. The lowest BCUT2D eigenvalue weighted by atomic mass is 10.0. The first-order chi connectivity index (χ1) is 9.78. The van der Waals surface area contributed by atoms with E-state index in [0.29, 0.717) is 0 Å². The number of hydrogen-bond acceptors (Lipinski definition) is 4. The Morgan fingerprint density at radius 1 is 1.10 bits per heavy atom. The van der Waals surface area contributed by atoms with Crippen LogP contribution >= 0.6 is 0 Å². The Labute approximate surface area is 117 Å². The lowest BCUT2D eigenvalue weighted by Gasteiger charge is -2.16. The molecule has 0 fully saturated rings. The standard InChI is InChI=1S/C16H16N4/c1-11-3-4-12-9-13(5-6-14(12)20-11)16(17-2)15-10-18-7-8-19-15/h3-10,16-17H,1-2H3. The highest BCUT2D eigenvalue weighted by Crippen LogP contribution is 2.23. The van der Waals surface area contributed by atoms with Gasteiger partial charge in [-0.3, -0.25) is 15.0 Å². The molecule has 1 atom stereocenters. The smallest absolute Gasteiger partial charge is 0.0801 e. The molecule has 4 heteroatoms. The van der Waals surface area contributed by atoms with E-state index in [1.54, 1.807) is 18.6 Å². The average molecular weight is 264 g/mol. The Bertz CT molecular complexity index is 725. The molecule has 1 aromatic carbocycles. The maximum Gasteiger partial charge on any atom is 0.0801 e. The zero-order chi connectivity index (χ0) is 13.9. The summed E-state index contributed by atoms with van der Waals surface area (Å²) in [5, 5.41) is 4.42. The molecule has 0 amide bonds. The van der Waals surface area contributed by atoms with E-state index < -0.39 is 0 Å². The molecule has 4 nitrogen and oxygen atoms in total. The van der Waals surface area contributed by atoms with E-state index in [1.165, 1.54) is 0 Å². The van der Waals surface area contributed by atoms with Crippen molar-refractivity contribution in [1.82, 2.24) is 20.3 Å². The predicted octanol–water partition coefficient (Wildman–Crippen LogP) is 2.64. The molecule has 3 aromatic rings. The number of aromatic nitrogens is 3. The van der Waals surface area contributed by atoms with Gasteiger partial charge in [-0.15, -0.1) is 0 Å². The number of benzene rings is 1. The van der Waals surface area contributed by atoms with E-state index in [0.717, 1.165) is 27.9 Å². The van der Waals surface area contributed by atoms with Gasteiger partial charge in [0.2, 0.25) is 0 Å². The molecule has 0 aliphatic heterocycles. The van der Waals surface area contributed by atoms with Crippen LogP contribution in [0.3, 0.4) is 0 Å². The third-order valence-corrected chi connectivity index (χ3v) is 3.35. The van der Waals surface area contributed by atoms with Gasteiger partial charge in [0.25, 0.3) is 0 Å². The van der Waals surface area contributed by atoms with Crippen LogP contribution in [0.15, 0.2) is 48.9 Å². The lowest BCUT2D eigenvalue weighted by molar-refractivity contribution is 0.667. The number of hydrogen-bond donors (Lipinski definition) is 1. The molecule has 2 aromatic heterocycles. The summed E-state index contributed by atoms with van der Waals surface area (Å²) in [6.07, 6.45) is 5.19. The summed E-state index contributed by atoms with van der Waals surface area (Å²) < 4.78 is 0. The van der Waals surface area contributed by atoms with Gasteiger partial charge in [0.1, 0.15) is 0 Å². The van der Waals surface area contributed by atoms with Crippen molar-refractivity contribution < 1.29 is 0 Å². The van der Waals surface area contributed by atoms with Gasteiger partial charge in [-0.2, -0.15) is 0 Å². The van der Waals surface area contributed by atoms with Gasteiger partial charge >= 0.3 is 0 Å². The van der Waals surface area contributed by atoms with Crippen LogP contribution in [0.5, 0.6) is 0 Å². The first kappa shape index (κ1) is 12.7. The van der Waals surface area contributed by atoms with Crippen LogP contribution in [0, 0.1) is 6.92 Å². The molecule has 100 valence electrons. The predicted molar refractivity (Wildman–Crippen MR) is 79.4 cm³/mol. The first-order valence-corrected chi connectivity index (χ1v) is 6.58. The Morgan fingerprint density at radius 3 is 2.75 bits per heavy atom. The summed E-state index contributed by atoms with van der Waals surface area (Å²) in [6, 6.07) is 10.5. The van der Waals surface area contributed by atoms with Crippen LogP contribution in [-0.2, 0) is 0 Å². The molecule has 1 unspecified atom stereocenters. The highest BCUT2D eigenvalue weighted by atomic mass is 14.9. The monoisotopic (exact) mass is 264 g/mol. The molecule has 0 bridgehead atoms. The zero-order valence-corrected chi connectivity index (χ0v) is 11.5. The van der Waals surface area contributed by atoms with Crippen LogP contribution in [0.4, 0.5) is 0 Å². The fraction of sp³-hybridized carbons (Fsp3) is 0.188. The zero-order valence-electron chi connectivity index (χ0n) is 11.5. The summed E-state index contributed by atoms with van der Waals surface area (Å²) >= 11 is 0. The van der Waals surface area contributed by atoms with E-state index in [2.05, 4.69) is 44.5 Å². The quantitative estimate of drug-likeness (QED) is 0.790. The molecule has 20 heavy (non-hydrogen) atoms. The number of fused-ring (bicyclic) bond motifs is 1. The lowest BCUT2D eigenvalue weighted by Crippen LogP contribution is -2.19. The molecule has 3 rings (SSSR count).